The van der Waals surface area contributed by atoms with Gasteiger partial charge in [0, 0.05) is 18.1 Å². The quantitative estimate of drug-likeness (QED) is 0.779. The summed E-state index contributed by atoms with van der Waals surface area (Å²) in [7, 11) is 1.46. The maximum Gasteiger partial charge on any atom is 0.321 e. The summed E-state index contributed by atoms with van der Waals surface area (Å²) < 4.78 is 0. The average molecular weight is 298 g/mol. The Kier molecular flexibility index (Phi) is 6.48. The van der Waals surface area contributed by atoms with Gasteiger partial charge in [0.25, 0.3) is 0 Å². The normalized spacial score (nSPS) is 12.1. The van der Waals surface area contributed by atoms with Crippen molar-refractivity contribution in [1.82, 2.24) is 16.0 Å². The maximum atomic E-state index is 11.6. The molecule has 0 radical (unpaired) electrons. The van der Waals surface area contributed by atoms with Gasteiger partial charge in [0.1, 0.15) is 0 Å². The standard InChI is InChI=1S/C14H20ClN3O2/c1-9(2)13(10-4-6-11(15)7-5-10)17-8-12(19)18-14(20)16-3/h4-7,9,13,17H,8H2,1-3H3,(H2,16,18,19,20)/t13-/m1/s1. The minimum Gasteiger partial charge on any atom is -0.341 e. The minimum absolute atomic E-state index is 0.0164. The number of imide groups is 1. The van der Waals surface area contributed by atoms with E-state index in [4.69, 9.17) is 11.6 Å². The van der Waals surface area contributed by atoms with Gasteiger partial charge < -0.3 is 10.6 Å². The Morgan fingerprint density at radius 1 is 1.20 bits per heavy atom. The lowest BCUT2D eigenvalue weighted by Crippen LogP contribution is -2.43. The number of hydrogen-bond donors (Lipinski definition) is 3. The molecular formula is C14H20ClN3O2. The Balaban J connectivity index is 2.62. The van der Waals surface area contributed by atoms with E-state index < -0.39 is 6.03 Å². The summed E-state index contributed by atoms with van der Waals surface area (Å²) in [5.74, 6) is -0.0760. The summed E-state index contributed by atoms with van der Waals surface area (Å²) >= 11 is 5.87. The summed E-state index contributed by atoms with van der Waals surface area (Å²) in [6.45, 7) is 4.19. The highest BCUT2D eigenvalue weighted by Gasteiger charge is 2.17. The molecule has 0 spiro atoms. The molecule has 0 aliphatic heterocycles. The number of hydrogen-bond acceptors (Lipinski definition) is 3. The molecule has 0 heterocycles. The Morgan fingerprint density at radius 3 is 2.30 bits per heavy atom. The molecule has 1 atom stereocenters. The van der Waals surface area contributed by atoms with Crippen LogP contribution < -0.4 is 16.0 Å². The molecule has 0 fully saturated rings. The van der Waals surface area contributed by atoms with Crippen LogP contribution in [-0.2, 0) is 4.79 Å². The minimum atomic E-state index is -0.510. The highest BCUT2D eigenvalue weighted by molar-refractivity contribution is 6.30. The molecule has 3 N–H and O–H groups in total. The molecule has 0 saturated heterocycles. The molecule has 0 bridgehead atoms. The second-order valence-electron chi connectivity index (χ2n) is 4.78. The van der Waals surface area contributed by atoms with Gasteiger partial charge in [-0.15, -0.1) is 0 Å². The summed E-state index contributed by atoms with van der Waals surface area (Å²) in [6, 6.07) is 7.00. The Bertz CT molecular complexity index is 460. The van der Waals surface area contributed by atoms with E-state index >= 15 is 0 Å². The van der Waals surface area contributed by atoms with Crippen LogP contribution >= 0.6 is 11.6 Å². The van der Waals surface area contributed by atoms with Crippen molar-refractivity contribution in [2.75, 3.05) is 13.6 Å². The first-order valence-corrected chi connectivity index (χ1v) is 6.82. The third-order valence-electron chi connectivity index (χ3n) is 2.86. The van der Waals surface area contributed by atoms with Crippen LogP contribution in [-0.4, -0.2) is 25.5 Å². The van der Waals surface area contributed by atoms with Gasteiger partial charge in [-0.05, 0) is 23.6 Å². The van der Waals surface area contributed by atoms with Crippen LogP contribution in [0.25, 0.3) is 0 Å². The van der Waals surface area contributed by atoms with E-state index in [-0.39, 0.29) is 18.5 Å². The lowest BCUT2D eigenvalue weighted by Gasteiger charge is -2.22. The number of carbonyl (C=O) groups is 2. The molecule has 0 unspecified atom stereocenters. The zero-order chi connectivity index (χ0) is 15.1. The van der Waals surface area contributed by atoms with E-state index in [1.807, 2.05) is 24.3 Å². The van der Waals surface area contributed by atoms with Crippen molar-refractivity contribution in [3.8, 4) is 0 Å². The second-order valence-corrected chi connectivity index (χ2v) is 5.22. The van der Waals surface area contributed by atoms with Crippen LogP contribution in [0.5, 0.6) is 0 Å². The third kappa shape index (κ3) is 5.19. The van der Waals surface area contributed by atoms with Crippen molar-refractivity contribution >= 4 is 23.5 Å². The first-order valence-electron chi connectivity index (χ1n) is 6.44. The van der Waals surface area contributed by atoms with Crippen LogP contribution in [0.4, 0.5) is 4.79 Å². The lowest BCUT2D eigenvalue weighted by molar-refractivity contribution is -0.119. The number of nitrogens with one attached hydrogen (secondary N) is 3. The Morgan fingerprint density at radius 2 is 1.80 bits per heavy atom. The number of rotatable bonds is 5. The fourth-order valence-electron chi connectivity index (χ4n) is 1.84. The van der Waals surface area contributed by atoms with E-state index in [0.29, 0.717) is 10.9 Å². The van der Waals surface area contributed by atoms with Gasteiger partial charge in [-0.3, -0.25) is 10.1 Å². The smallest absolute Gasteiger partial charge is 0.321 e. The maximum absolute atomic E-state index is 11.6. The van der Waals surface area contributed by atoms with E-state index in [1.54, 1.807) is 0 Å². The van der Waals surface area contributed by atoms with E-state index in [9.17, 15) is 9.59 Å². The molecular weight excluding hydrogens is 278 g/mol. The monoisotopic (exact) mass is 297 g/mol. The van der Waals surface area contributed by atoms with Crippen LogP contribution in [0, 0.1) is 5.92 Å². The molecule has 20 heavy (non-hydrogen) atoms. The Hall–Kier alpha value is -1.59. The molecule has 1 aromatic rings. The molecule has 0 aliphatic carbocycles. The zero-order valence-corrected chi connectivity index (χ0v) is 12.6. The third-order valence-corrected chi connectivity index (χ3v) is 3.11. The number of urea groups is 1. The van der Waals surface area contributed by atoms with Crippen molar-refractivity contribution in [3.05, 3.63) is 34.9 Å². The van der Waals surface area contributed by atoms with Gasteiger partial charge in [0.15, 0.2) is 0 Å². The predicted octanol–water partition coefficient (Wildman–Crippen LogP) is 2.08. The van der Waals surface area contributed by atoms with Crippen LogP contribution in [0.2, 0.25) is 5.02 Å². The molecule has 3 amide bonds. The van der Waals surface area contributed by atoms with Crippen LogP contribution in [0.3, 0.4) is 0 Å². The first kappa shape index (κ1) is 16.5. The highest BCUT2D eigenvalue weighted by Crippen LogP contribution is 2.22. The van der Waals surface area contributed by atoms with Gasteiger partial charge >= 0.3 is 6.03 Å². The second kappa shape index (κ2) is 7.87. The summed E-state index contributed by atoms with van der Waals surface area (Å²) in [6.07, 6.45) is 0. The van der Waals surface area contributed by atoms with Gasteiger partial charge in [0.2, 0.25) is 5.91 Å². The fraction of sp³-hybridized carbons (Fsp3) is 0.429. The van der Waals surface area contributed by atoms with Gasteiger partial charge in [0.05, 0.1) is 6.54 Å². The molecule has 1 aromatic carbocycles. The van der Waals surface area contributed by atoms with Crippen LogP contribution in [0.15, 0.2) is 24.3 Å². The fourth-order valence-corrected chi connectivity index (χ4v) is 1.97. The van der Waals surface area contributed by atoms with Crippen molar-refractivity contribution in [3.63, 3.8) is 0 Å². The van der Waals surface area contributed by atoms with Gasteiger partial charge in [-0.1, -0.05) is 37.6 Å². The summed E-state index contributed by atoms with van der Waals surface area (Å²) in [4.78, 5) is 22.6. The van der Waals surface area contributed by atoms with E-state index in [2.05, 4.69) is 29.8 Å². The lowest BCUT2D eigenvalue weighted by atomic mass is 9.96. The molecule has 5 nitrogen and oxygen atoms in total. The van der Waals surface area contributed by atoms with E-state index in [0.717, 1.165) is 5.56 Å². The molecule has 110 valence electrons. The van der Waals surface area contributed by atoms with Crippen LogP contribution in [0.1, 0.15) is 25.5 Å². The van der Waals surface area contributed by atoms with Crippen molar-refractivity contribution in [2.45, 2.75) is 19.9 Å². The Labute approximate surface area is 124 Å². The predicted molar refractivity (Wildman–Crippen MR) is 79.6 cm³/mol. The molecule has 0 aliphatic rings. The number of halogens is 1. The molecule has 0 saturated carbocycles. The summed E-state index contributed by atoms with van der Waals surface area (Å²) in [5, 5.41) is 8.37. The topological polar surface area (TPSA) is 70.2 Å². The number of benzene rings is 1. The van der Waals surface area contributed by atoms with E-state index in [1.165, 1.54) is 7.05 Å². The number of carbonyl (C=O) groups excluding carboxylic acids is 2. The van der Waals surface area contributed by atoms with Crippen molar-refractivity contribution < 1.29 is 9.59 Å². The molecule has 1 rings (SSSR count). The first-order chi connectivity index (χ1) is 9.43. The SMILES string of the molecule is CNC(=O)NC(=O)CN[C@@H](c1ccc(Cl)cc1)C(C)C. The van der Waals surface area contributed by atoms with Gasteiger partial charge in [-0.2, -0.15) is 0 Å². The highest BCUT2D eigenvalue weighted by atomic mass is 35.5. The van der Waals surface area contributed by atoms with Crippen molar-refractivity contribution in [1.29, 1.82) is 0 Å². The average Bonchev–Trinajstić information content (AvgIpc) is 2.40. The largest absolute Gasteiger partial charge is 0.341 e. The summed E-state index contributed by atoms with van der Waals surface area (Å²) in [5.41, 5.74) is 1.05. The van der Waals surface area contributed by atoms with Crippen molar-refractivity contribution in [2.24, 2.45) is 5.92 Å². The number of amides is 3. The molecule has 0 aromatic heterocycles. The molecule has 6 heteroatoms. The van der Waals surface area contributed by atoms with Gasteiger partial charge in [-0.25, -0.2) is 4.79 Å². The zero-order valence-electron chi connectivity index (χ0n) is 11.9.